The van der Waals surface area contributed by atoms with E-state index in [1.54, 1.807) is 24.3 Å². The molecule has 0 saturated heterocycles. The molecule has 0 radical (unpaired) electrons. The van der Waals surface area contributed by atoms with Gasteiger partial charge in [-0.2, -0.15) is 0 Å². The van der Waals surface area contributed by atoms with E-state index in [9.17, 15) is 4.79 Å². The molecule has 162 valence electrons. The second-order valence-electron chi connectivity index (χ2n) is 6.77. The molecule has 3 aromatic rings. The van der Waals surface area contributed by atoms with Crippen molar-refractivity contribution in [3.8, 4) is 5.75 Å². The zero-order chi connectivity index (χ0) is 22.4. The molecule has 0 spiro atoms. The maximum Gasteiger partial charge on any atom is 0.234 e. The molecule has 0 bridgehead atoms. The zero-order valence-corrected chi connectivity index (χ0v) is 19.5. The molecule has 1 N–H and O–H groups in total. The highest BCUT2D eigenvalue weighted by atomic mass is 35.5. The average molecular weight is 477 g/mol. The predicted molar refractivity (Wildman–Crippen MR) is 126 cm³/mol. The molecule has 0 fully saturated rings. The van der Waals surface area contributed by atoms with Crippen molar-refractivity contribution in [2.75, 3.05) is 11.1 Å². The van der Waals surface area contributed by atoms with Crippen molar-refractivity contribution in [2.45, 2.75) is 32.2 Å². The summed E-state index contributed by atoms with van der Waals surface area (Å²) in [6.45, 7) is 8.59. The van der Waals surface area contributed by atoms with Crippen molar-refractivity contribution in [3.05, 3.63) is 76.0 Å². The van der Waals surface area contributed by atoms with E-state index >= 15 is 0 Å². The molecule has 0 atom stereocenters. The fourth-order valence-corrected chi connectivity index (χ4v) is 3.97. The molecule has 0 aliphatic carbocycles. The van der Waals surface area contributed by atoms with Crippen LogP contribution in [0.1, 0.15) is 17.0 Å². The van der Waals surface area contributed by atoms with Crippen LogP contribution >= 0.6 is 35.0 Å². The largest absolute Gasteiger partial charge is 0.485 e. The van der Waals surface area contributed by atoms with Crippen LogP contribution in [0.25, 0.3) is 0 Å². The lowest BCUT2D eigenvalue weighted by Crippen LogP contribution is -2.15. The molecule has 2 aromatic carbocycles. The highest BCUT2D eigenvalue weighted by Gasteiger charge is 2.15. The minimum Gasteiger partial charge on any atom is -0.485 e. The second kappa shape index (κ2) is 10.7. The monoisotopic (exact) mass is 476 g/mol. The first kappa shape index (κ1) is 23.2. The van der Waals surface area contributed by atoms with Crippen LogP contribution < -0.4 is 10.1 Å². The van der Waals surface area contributed by atoms with Gasteiger partial charge in [0.05, 0.1) is 15.8 Å². The van der Waals surface area contributed by atoms with Crippen molar-refractivity contribution >= 4 is 46.6 Å². The number of nitrogens with zero attached hydrogens (tertiary/aromatic N) is 3. The summed E-state index contributed by atoms with van der Waals surface area (Å²) in [5.41, 5.74) is 2.70. The van der Waals surface area contributed by atoms with E-state index in [4.69, 9.17) is 27.9 Å². The number of rotatable bonds is 9. The van der Waals surface area contributed by atoms with Gasteiger partial charge in [-0.1, -0.05) is 59.2 Å². The van der Waals surface area contributed by atoms with Crippen LogP contribution in [0.15, 0.2) is 54.2 Å². The van der Waals surface area contributed by atoms with Gasteiger partial charge in [-0.05, 0) is 43.2 Å². The Kier molecular flexibility index (Phi) is 8.01. The van der Waals surface area contributed by atoms with Gasteiger partial charge in [0.1, 0.15) is 12.4 Å². The summed E-state index contributed by atoms with van der Waals surface area (Å²) >= 11 is 13.2. The zero-order valence-electron chi connectivity index (χ0n) is 17.2. The maximum absolute atomic E-state index is 12.3. The van der Waals surface area contributed by atoms with E-state index in [0.717, 1.165) is 16.9 Å². The topological polar surface area (TPSA) is 69.0 Å². The van der Waals surface area contributed by atoms with Gasteiger partial charge in [0.2, 0.25) is 5.91 Å². The van der Waals surface area contributed by atoms with Gasteiger partial charge in [0, 0.05) is 12.2 Å². The summed E-state index contributed by atoms with van der Waals surface area (Å²) in [7, 11) is 0. The van der Waals surface area contributed by atoms with Crippen LogP contribution in [0.5, 0.6) is 5.75 Å². The summed E-state index contributed by atoms with van der Waals surface area (Å²) in [4.78, 5) is 12.3. The number of ether oxygens (including phenoxy) is 1. The third kappa shape index (κ3) is 6.03. The number of aryl methyl sites for hydroxylation is 2. The number of carbonyl (C=O) groups is 1. The summed E-state index contributed by atoms with van der Waals surface area (Å²) in [6.07, 6.45) is 1.76. The van der Waals surface area contributed by atoms with E-state index < -0.39 is 0 Å². The van der Waals surface area contributed by atoms with Crippen molar-refractivity contribution in [3.63, 3.8) is 0 Å². The summed E-state index contributed by atoms with van der Waals surface area (Å²) in [5, 5.41) is 12.7. The third-order valence-corrected chi connectivity index (χ3v) is 6.10. The number of aromatic nitrogens is 3. The van der Waals surface area contributed by atoms with Crippen LogP contribution in [-0.4, -0.2) is 26.4 Å². The molecular weight excluding hydrogens is 455 g/mol. The lowest BCUT2D eigenvalue weighted by atomic mass is 10.1. The van der Waals surface area contributed by atoms with E-state index in [-0.39, 0.29) is 18.3 Å². The minimum atomic E-state index is -0.190. The molecule has 1 heterocycles. The van der Waals surface area contributed by atoms with Crippen LogP contribution in [0.2, 0.25) is 10.0 Å². The third-order valence-electron chi connectivity index (χ3n) is 4.40. The van der Waals surface area contributed by atoms with Gasteiger partial charge < -0.3 is 10.1 Å². The van der Waals surface area contributed by atoms with Gasteiger partial charge in [-0.25, -0.2) is 0 Å². The molecule has 3 rings (SSSR count). The van der Waals surface area contributed by atoms with E-state index in [2.05, 4.69) is 22.1 Å². The molecule has 0 saturated carbocycles. The van der Waals surface area contributed by atoms with Crippen molar-refractivity contribution in [1.82, 2.24) is 14.8 Å². The van der Waals surface area contributed by atoms with E-state index in [1.165, 1.54) is 11.8 Å². The second-order valence-corrected chi connectivity index (χ2v) is 8.53. The van der Waals surface area contributed by atoms with Crippen molar-refractivity contribution in [2.24, 2.45) is 0 Å². The number of halogens is 2. The van der Waals surface area contributed by atoms with E-state index in [0.29, 0.717) is 33.3 Å². The first-order valence-corrected chi connectivity index (χ1v) is 11.2. The highest BCUT2D eigenvalue weighted by Crippen LogP contribution is 2.26. The molecule has 1 aromatic heterocycles. The number of carbonyl (C=O) groups excluding carboxylic acids is 1. The number of nitrogens with one attached hydrogen (secondary N) is 1. The van der Waals surface area contributed by atoms with Crippen LogP contribution in [-0.2, 0) is 17.9 Å². The smallest absolute Gasteiger partial charge is 0.234 e. The number of allylic oxidation sites excluding steroid dienone is 1. The fraction of sp³-hybridized carbons (Fsp3) is 0.227. The molecule has 1 amide bonds. The SMILES string of the molecule is C=CCn1c(COc2c(C)cccc2C)nnc1SCC(=O)Nc1ccc(Cl)c(Cl)c1. The number of amides is 1. The Morgan fingerprint density at radius 2 is 1.94 bits per heavy atom. The van der Waals surface area contributed by atoms with Gasteiger partial charge in [0.15, 0.2) is 11.0 Å². The number of benzene rings is 2. The number of thioether (sulfide) groups is 1. The number of hydrogen-bond acceptors (Lipinski definition) is 5. The standard InChI is InChI=1S/C22H22Cl2N4O2S/c1-4-10-28-19(12-30-21-14(2)6-5-7-15(21)3)26-27-22(28)31-13-20(29)25-16-8-9-17(23)18(24)11-16/h4-9,11H,1,10,12-13H2,2-3H3,(H,25,29). The van der Waals surface area contributed by atoms with Gasteiger partial charge in [-0.15, -0.1) is 16.8 Å². The lowest BCUT2D eigenvalue weighted by Gasteiger charge is -2.12. The Hall–Kier alpha value is -2.48. The molecule has 0 aliphatic rings. The van der Waals surface area contributed by atoms with Gasteiger partial charge >= 0.3 is 0 Å². The Bertz CT molecular complexity index is 1080. The highest BCUT2D eigenvalue weighted by molar-refractivity contribution is 7.99. The Morgan fingerprint density at radius 3 is 2.61 bits per heavy atom. The van der Waals surface area contributed by atoms with Crippen molar-refractivity contribution < 1.29 is 9.53 Å². The summed E-state index contributed by atoms with van der Waals surface area (Å²) < 4.78 is 7.90. The maximum atomic E-state index is 12.3. The Labute approximate surface area is 195 Å². The molecule has 6 nitrogen and oxygen atoms in total. The molecule has 0 aliphatic heterocycles. The summed E-state index contributed by atoms with van der Waals surface area (Å²) in [5.74, 6) is 1.47. The molecule has 9 heteroatoms. The number of anilines is 1. The number of para-hydroxylation sites is 1. The Morgan fingerprint density at radius 1 is 1.19 bits per heavy atom. The van der Waals surface area contributed by atoms with E-state index in [1.807, 2.05) is 36.6 Å². The first-order chi connectivity index (χ1) is 14.9. The summed E-state index contributed by atoms with van der Waals surface area (Å²) in [6, 6.07) is 10.9. The molecule has 0 unspecified atom stereocenters. The average Bonchev–Trinajstić information content (AvgIpc) is 3.11. The Balaban J connectivity index is 1.64. The molecule has 31 heavy (non-hydrogen) atoms. The van der Waals surface area contributed by atoms with Gasteiger partial charge in [-0.3, -0.25) is 9.36 Å². The normalized spacial score (nSPS) is 10.7. The predicted octanol–water partition coefficient (Wildman–Crippen LogP) is 5.70. The quantitative estimate of drug-likeness (QED) is 0.316. The first-order valence-electron chi connectivity index (χ1n) is 9.48. The lowest BCUT2D eigenvalue weighted by molar-refractivity contribution is -0.113. The molecular formula is C22H22Cl2N4O2S. The van der Waals surface area contributed by atoms with Crippen LogP contribution in [0.4, 0.5) is 5.69 Å². The van der Waals surface area contributed by atoms with Gasteiger partial charge in [0.25, 0.3) is 0 Å². The van der Waals surface area contributed by atoms with Crippen molar-refractivity contribution in [1.29, 1.82) is 0 Å². The number of hydrogen-bond donors (Lipinski definition) is 1. The van der Waals surface area contributed by atoms with Crippen LogP contribution in [0.3, 0.4) is 0 Å². The minimum absolute atomic E-state index is 0.160. The fourth-order valence-electron chi connectivity index (χ4n) is 2.91. The van der Waals surface area contributed by atoms with Crippen LogP contribution in [0, 0.1) is 13.8 Å².